The Balaban J connectivity index is 4.23. The summed E-state index contributed by atoms with van der Waals surface area (Å²) < 4.78 is 29.0. The van der Waals surface area contributed by atoms with Gasteiger partial charge in [-0.25, -0.2) is 0 Å². The van der Waals surface area contributed by atoms with Crippen molar-refractivity contribution in [3.05, 3.63) is 11.5 Å². The number of carbonyl (C=O) groups excluding carboxylic acids is 1. The zero-order valence-corrected chi connectivity index (χ0v) is 7.52. The standard InChI is InChI=1S/C6H11NO4S/c1-3-4-7-6(8)5(2)12(9,10)11/h2-4H2,1H3,(H,7,8)(H,9,10,11). The van der Waals surface area contributed by atoms with Gasteiger partial charge in [-0.05, 0) is 6.42 Å². The summed E-state index contributed by atoms with van der Waals surface area (Å²) >= 11 is 0. The van der Waals surface area contributed by atoms with Gasteiger partial charge in [0.05, 0.1) is 0 Å². The van der Waals surface area contributed by atoms with E-state index in [2.05, 4.69) is 11.9 Å². The van der Waals surface area contributed by atoms with Crippen LogP contribution in [0.1, 0.15) is 13.3 Å². The van der Waals surface area contributed by atoms with Crippen molar-refractivity contribution in [3.63, 3.8) is 0 Å². The largest absolute Gasteiger partial charge is 0.351 e. The minimum absolute atomic E-state index is 0.355. The lowest BCUT2D eigenvalue weighted by molar-refractivity contribution is -0.116. The lowest BCUT2D eigenvalue weighted by Crippen LogP contribution is -2.28. The molecule has 12 heavy (non-hydrogen) atoms. The first kappa shape index (κ1) is 11.1. The first-order chi connectivity index (χ1) is 5.39. The summed E-state index contributed by atoms with van der Waals surface area (Å²) in [7, 11) is -4.44. The summed E-state index contributed by atoms with van der Waals surface area (Å²) in [5.74, 6) is -0.862. The Labute approximate surface area is 71.2 Å². The van der Waals surface area contributed by atoms with Crippen molar-refractivity contribution in [3.8, 4) is 0 Å². The molecule has 0 aliphatic rings. The minimum Gasteiger partial charge on any atom is -0.351 e. The molecule has 2 N–H and O–H groups in total. The number of nitrogens with one attached hydrogen (secondary N) is 1. The average Bonchev–Trinajstić information content (AvgIpc) is 1.97. The number of rotatable bonds is 4. The van der Waals surface area contributed by atoms with Crippen molar-refractivity contribution in [1.82, 2.24) is 5.32 Å². The second-order valence-electron chi connectivity index (χ2n) is 2.15. The van der Waals surface area contributed by atoms with E-state index in [-0.39, 0.29) is 0 Å². The van der Waals surface area contributed by atoms with Crippen LogP contribution in [-0.2, 0) is 14.9 Å². The van der Waals surface area contributed by atoms with E-state index in [1.54, 1.807) is 0 Å². The number of hydrogen-bond donors (Lipinski definition) is 2. The third-order valence-electron chi connectivity index (χ3n) is 1.10. The van der Waals surface area contributed by atoms with Gasteiger partial charge >= 0.3 is 0 Å². The zero-order valence-electron chi connectivity index (χ0n) is 6.70. The topological polar surface area (TPSA) is 83.5 Å². The predicted octanol–water partition coefficient (Wildman–Crippen LogP) is -0.0859. The molecule has 0 unspecified atom stereocenters. The molecular formula is C6H11NO4S. The van der Waals surface area contributed by atoms with Gasteiger partial charge in [-0.15, -0.1) is 0 Å². The second-order valence-corrected chi connectivity index (χ2v) is 3.60. The molecule has 70 valence electrons. The lowest BCUT2D eigenvalue weighted by atomic mass is 10.4. The molecule has 0 rings (SSSR count). The summed E-state index contributed by atoms with van der Waals surface area (Å²) in [6, 6.07) is 0. The Bertz CT molecular complexity index is 280. The fourth-order valence-corrected chi connectivity index (χ4v) is 0.761. The Hall–Kier alpha value is -0.880. The van der Waals surface area contributed by atoms with Gasteiger partial charge in [0.25, 0.3) is 16.0 Å². The van der Waals surface area contributed by atoms with Crippen molar-refractivity contribution >= 4 is 16.0 Å². The highest BCUT2D eigenvalue weighted by atomic mass is 32.2. The molecule has 0 fully saturated rings. The quantitative estimate of drug-likeness (QED) is 0.483. The molecule has 0 aliphatic carbocycles. The highest BCUT2D eigenvalue weighted by Gasteiger charge is 2.18. The molecule has 0 atom stereocenters. The third kappa shape index (κ3) is 3.49. The van der Waals surface area contributed by atoms with Crippen LogP contribution in [0.4, 0.5) is 0 Å². The van der Waals surface area contributed by atoms with Crippen LogP contribution >= 0.6 is 0 Å². The van der Waals surface area contributed by atoms with Gasteiger partial charge in [0.15, 0.2) is 4.91 Å². The predicted molar refractivity (Wildman–Crippen MR) is 44.0 cm³/mol. The summed E-state index contributed by atoms with van der Waals surface area (Å²) in [6.45, 7) is 5.10. The molecule has 0 aromatic rings. The van der Waals surface area contributed by atoms with E-state index in [0.717, 1.165) is 0 Å². The van der Waals surface area contributed by atoms with Crippen molar-refractivity contribution in [2.75, 3.05) is 6.54 Å². The lowest BCUT2D eigenvalue weighted by Gasteiger charge is -2.02. The Morgan fingerprint density at radius 3 is 2.42 bits per heavy atom. The smallest absolute Gasteiger partial charge is 0.299 e. The van der Waals surface area contributed by atoms with Gasteiger partial charge in [-0.1, -0.05) is 13.5 Å². The maximum atomic E-state index is 10.8. The molecule has 1 amide bonds. The first-order valence-corrected chi connectivity index (χ1v) is 4.78. The number of hydrogen-bond acceptors (Lipinski definition) is 3. The fraction of sp³-hybridized carbons (Fsp3) is 0.500. The number of amides is 1. The first-order valence-electron chi connectivity index (χ1n) is 3.34. The van der Waals surface area contributed by atoms with Gasteiger partial charge in [0.1, 0.15) is 0 Å². The van der Waals surface area contributed by atoms with Gasteiger partial charge in [0.2, 0.25) is 0 Å². The SMILES string of the molecule is C=C(C(=O)NCCC)S(=O)(=O)O. The average molecular weight is 193 g/mol. The molecule has 0 radical (unpaired) electrons. The molecule has 6 heteroatoms. The monoisotopic (exact) mass is 193 g/mol. The van der Waals surface area contributed by atoms with E-state index in [1.165, 1.54) is 0 Å². The highest BCUT2D eigenvalue weighted by Crippen LogP contribution is 1.99. The third-order valence-corrected chi connectivity index (χ3v) is 1.91. The van der Waals surface area contributed by atoms with Gasteiger partial charge in [-0.3, -0.25) is 9.35 Å². The summed E-state index contributed by atoms with van der Waals surface area (Å²) in [5, 5.41) is 2.26. The Kier molecular flexibility index (Phi) is 3.91. The summed E-state index contributed by atoms with van der Waals surface area (Å²) in [5.41, 5.74) is 0. The normalized spacial score (nSPS) is 10.8. The van der Waals surface area contributed by atoms with Crippen LogP contribution in [0.15, 0.2) is 11.5 Å². The molecular weight excluding hydrogens is 182 g/mol. The van der Waals surface area contributed by atoms with E-state index < -0.39 is 20.9 Å². The highest BCUT2D eigenvalue weighted by molar-refractivity contribution is 7.90. The maximum absolute atomic E-state index is 10.8. The molecule has 0 bridgehead atoms. The van der Waals surface area contributed by atoms with Crippen LogP contribution in [0.5, 0.6) is 0 Å². The van der Waals surface area contributed by atoms with Crippen LogP contribution in [0.3, 0.4) is 0 Å². The molecule has 0 aliphatic heterocycles. The molecule has 0 saturated heterocycles. The van der Waals surface area contributed by atoms with Crippen molar-refractivity contribution < 1.29 is 17.8 Å². The zero-order chi connectivity index (χ0) is 9.78. The van der Waals surface area contributed by atoms with Crippen molar-refractivity contribution in [1.29, 1.82) is 0 Å². The van der Waals surface area contributed by atoms with E-state index in [1.807, 2.05) is 6.92 Å². The van der Waals surface area contributed by atoms with E-state index in [4.69, 9.17) is 4.55 Å². The van der Waals surface area contributed by atoms with Crippen LogP contribution < -0.4 is 5.32 Å². The van der Waals surface area contributed by atoms with Gasteiger partial charge in [-0.2, -0.15) is 8.42 Å². The number of carbonyl (C=O) groups is 1. The van der Waals surface area contributed by atoms with Gasteiger partial charge < -0.3 is 5.32 Å². The van der Waals surface area contributed by atoms with Crippen molar-refractivity contribution in [2.45, 2.75) is 13.3 Å². The van der Waals surface area contributed by atoms with Crippen molar-refractivity contribution in [2.24, 2.45) is 0 Å². The van der Waals surface area contributed by atoms with Crippen LogP contribution in [0.2, 0.25) is 0 Å². The minimum atomic E-state index is -4.44. The molecule has 0 saturated carbocycles. The molecule has 0 spiro atoms. The molecule has 5 nitrogen and oxygen atoms in total. The van der Waals surface area contributed by atoms with Gasteiger partial charge in [0, 0.05) is 6.54 Å². The van der Waals surface area contributed by atoms with E-state index in [9.17, 15) is 13.2 Å². The van der Waals surface area contributed by atoms with Crippen LogP contribution in [0.25, 0.3) is 0 Å². The Morgan fingerprint density at radius 1 is 1.58 bits per heavy atom. The fourth-order valence-electron chi connectivity index (χ4n) is 0.454. The Morgan fingerprint density at radius 2 is 2.08 bits per heavy atom. The van der Waals surface area contributed by atoms with Crippen LogP contribution in [0, 0.1) is 0 Å². The molecule has 0 aromatic heterocycles. The summed E-state index contributed by atoms with van der Waals surface area (Å²) in [6.07, 6.45) is 0.685. The summed E-state index contributed by atoms with van der Waals surface area (Å²) in [4.78, 5) is 9.98. The second kappa shape index (κ2) is 4.22. The van der Waals surface area contributed by atoms with E-state index in [0.29, 0.717) is 13.0 Å². The maximum Gasteiger partial charge on any atom is 0.299 e. The molecule has 0 heterocycles. The molecule has 0 aromatic carbocycles. The van der Waals surface area contributed by atoms with Crippen LogP contribution in [-0.4, -0.2) is 25.4 Å². The van der Waals surface area contributed by atoms with E-state index >= 15 is 0 Å².